The van der Waals surface area contributed by atoms with Crippen LogP contribution in [-0.4, -0.2) is 16.9 Å². The number of hydrogen-bond acceptors (Lipinski definition) is 2. The van der Waals surface area contributed by atoms with Crippen molar-refractivity contribution in [3.8, 4) is 6.07 Å². The summed E-state index contributed by atoms with van der Waals surface area (Å²) in [7, 11) is -1.47. The van der Waals surface area contributed by atoms with Crippen molar-refractivity contribution in [3.05, 3.63) is 29.8 Å². The van der Waals surface area contributed by atoms with Crippen molar-refractivity contribution in [2.45, 2.75) is 43.7 Å². The number of nitrogens with zero attached hydrogens (tertiary/aromatic N) is 1. The summed E-state index contributed by atoms with van der Waals surface area (Å²) in [5.74, 6) is -1.33. The van der Waals surface area contributed by atoms with E-state index in [0.717, 1.165) is 5.56 Å². The molecule has 23 heavy (non-hydrogen) atoms. The zero-order valence-electron chi connectivity index (χ0n) is 12.8. The molecule has 126 valence electrons. The van der Waals surface area contributed by atoms with Crippen LogP contribution in [0.1, 0.15) is 31.2 Å². The number of nitrogens with one attached hydrogen (secondary N) is 1. The summed E-state index contributed by atoms with van der Waals surface area (Å²) < 4.78 is 53.1. The maximum atomic E-state index is 12.7. The molecule has 7 heteroatoms. The average Bonchev–Trinajstić information content (AvgIpc) is 2.53. The molecule has 1 aromatic carbocycles. The van der Waals surface area contributed by atoms with Crippen molar-refractivity contribution in [2.75, 3.05) is 6.54 Å². The first-order chi connectivity index (χ1) is 10.8. The Balaban J connectivity index is 1.94. The molecule has 2 rings (SSSR count). The summed E-state index contributed by atoms with van der Waals surface area (Å²) in [6.45, 7) is 2.05. The lowest BCUT2D eigenvalue weighted by atomic mass is 9.71. The minimum Gasteiger partial charge on any atom is -0.238 e. The third kappa shape index (κ3) is 4.55. The first-order valence-electron chi connectivity index (χ1n) is 7.46. The maximum absolute atomic E-state index is 12.7. The van der Waals surface area contributed by atoms with Gasteiger partial charge in [0.1, 0.15) is 11.0 Å². The van der Waals surface area contributed by atoms with Crippen LogP contribution >= 0.6 is 0 Å². The molecule has 3 nitrogen and oxygen atoms in total. The Labute approximate surface area is 136 Å². The summed E-state index contributed by atoms with van der Waals surface area (Å²) in [5, 5.41) is 9.38. The monoisotopic (exact) mass is 344 g/mol. The van der Waals surface area contributed by atoms with Gasteiger partial charge in [-0.05, 0) is 44.7 Å². The average molecular weight is 344 g/mol. The molecule has 1 fully saturated rings. The predicted molar refractivity (Wildman–Crippen MR) is 81.6 cm³/mol. The van der Waals surface area contributed by atoms with Crippen molar-refractivity contribution in [1.82, 2.24) is 4.72 Å². The predicted octanol–water partition coefficient (Wildman–Crippen LogP) is 3.87. The van der Waals surface area contributed by atoms with Crippen LogP contribution in [0, 0.1) is 29.6 Å². The first-order valence-corrected chi connectivity index (χ1v) is 8.61. The Morgan fingerprint density at radius 2 is 1.87 bits per heavy atom. The molecule has 1 unspecified atom stereocenters. The van der Waals surface area contributed by atoms with E-state index in [0.29, 0.717) is 4.90 Å². The summed E-state index contributed by atoms with van der Waals surface area (Å²) in [6, 6.07) is 9.28. The van der Waals surface area contributed by atoms with Gasteiger partial charge in [-0.25, -0.2) is 8.93 Å². The SMILES string of the molecule is Cc1ccc(S(=O)NCC2(C#N)CCC(C(F)(F)F)CC2)cc1. The van der Waals surface area contributed by atoms with E-state index >= 15 is 0 Å². The fraction of sp³-hybridized carbons (Fsp3) is 0.562. The number of nitriles is 1. The van der Waals surface area contributed by atoms with Crippen LogP contribution < -0.4 is 4.72 Å². The third-order valence-electron chi connectivity index (χ3n) is 4.42. The Bertz CT molecular complexity index is 599. The number of halogens is 3. The van der Waals surface area contributed by atoms with E-state index in [1.54, 1.807) is 12.1 Å². The van der Waals surface area contributed by atoms with E-state index in [9.17, 15) is 22.6 Å². The van der Waals surface area contributed by atoms with Crippen LogP contribution in [0.15, 0.2) is 29.2 Å². The molecule has 0 aromatic heterocycles. The molecule has 1 saturated carbocycles. The van der Waals surface area contributed by atoms with E-state index in [1.807, 2.05) is 19.1 Å². The third-order valence-corrected chi connectivity index (χ3v) is 5.53. The van der Waals surface area contributed by atoms with Crippen molar-refractivity contribution < 1.29 is 17.4 Å². The van der Waals surface area contributed by atoms with Gasteiger partial charge >= 0.3 is 6.18 Å². The van der Waals surface area contributed by atoms with Crippen LogP contribution in [0.25, 0.3) is 0 Å². The van der Waals surface area contributed by atoms with Crippen molar-refractivity contribution >= 4 is 11.0 Å². The highest BCUT2D eigenvalue weighted by atomic mass is 32.2. The molecule has 0 aliphatic heterocycles. The molecule has 1 aliphatic rings. The van der Waals surface area contributed by atoms with E-state index in [1.165, 1.54) is 0 Å². The molecule has 0 saturated heterocycles. The summed E-state index contributed by atoms with van der Waals surface area (Å²) >= 11 is 0. The standard InChI is InChI=1S/C16H19F3N2OS/c1-12-2-4-14(5-3-12)23(22)21-11-15(10-20)8-6-13(7-9-15)16(17,18)19/h2-5,13,21H,6-9,11H2,1H3. The molecule has 0 amide bonds. The highest BCUT2D eigenvalue weighted by Gasteiger charge is 2.46. The Morgan fingerprint density at radius 1 is 1.30 bits per heavy atom. The highest BCUT2D eigenvalue weighted by molar-refractivity contribution is 7.83. The number of rotatable bonds is 4. The minimum atomic E-state index is -4.19. The maximum Gasteiger partial charge on any atom is 0.391 e. The fourth-order valence-corrected chi connectivity index (χ4v) is 3.73. The van der Waals surface area contributed by atoms with E-state index in [2.05, 4.69) is 10.8 Å². The second-order valence-corrected chi connectivity index (χ2v) is 7.41. The van der Waals surface area contributed by atoms with Crippen molar-refractivity contribution in [2.24, 2.45) is 11.3 Å². The van der Waals surface area contributed by atoms with Crippen molar-refractivity contribution in [1.29, 1.82) is 5.26 Å². The molecule has 1 atom stereocenters. The van der Waals surface area contributed by atoms with Crippen LogP contribution in [0.2, 0.25) is 0 Å². The smallest absolute Gasteiger partial charge is 0.238 e. The lowest BCUT2D eigenvalue weighted by Gasteiger charge is -2.35. The van der Waals surface area contributed by atoms with Crippen LogP contribution in [0.3, 0.4) is 0 Å². The van der Waals surface area contributed by atoms with Gasteiger partial charge in [-0.1, -0.05) is 17.7 Å². The summed E-state index contributed by atoms with van der Waals surface area (Å²) in [6.07, 6.45) is -3.94. The quantitative estimate of drug-likeness (QED) is 0.901. The second kappa shape index (κ2) is 7.02. The van der Waals surface area contributed by atoms with Gasteiger partial charge in [0.25, 0.3) is 0 Å². The summed E-state index contributed by atoms with van der Waals surface area (Å²) in [5.41, 5.74) is 0.173. The number of aryl methyl sites for hydroxylation is 1. The number of alkyl halides is 3. The van der Waals surface area contributed by atoms with Gasteiger partial charge in [0.2, 0.25) is 0 Å². The van der Waals surface area contributed by atoms with Gasteiger partial charge in [-0.3, -0.25) is 0 Å². The van der Waals surface area contributed by atoms with Crippen LogP contribution in [0.5, 0.6) is 0 Å². The molecular weight excluding hydrogens is 325 g/mol. The van der Waals surface area contributed by atoms with Crippen LogP contribution in [-0.2, 0) is 11.0 Å². The Kier molecular flexibility index (Phi) is 5.48. The largest absolute Gasteiger partial charge is 0.391 e. The minimum absolute atomic E-state index is 0.0457. The lowest BCUT2D eigenvalue weighted by molar-refractivity contribution is -0.185. The van der Waals surface area contributed by atoms with E-state index in [-0.39, 0.29) is 32.2 Å². The molecule has 0 radical (unpaired) electrons. The highest BCUT2D eigenvalue weighted by Crippen LogP contribution is 2.44. The summed E-state index contributed by atoms with van der Waals surface area (Å²) in [4.78, 5) is 0.590. The van der Waals surface area contributed by atoms with E-state index < -0.39 is 28.5 Å². The van der Waals surface area contributed by atoms with Gasteiger partial charge in [0.15, 0.2) is 0 Å². The normalized spacial score (nSPS) is 26.5. The van der Waals surface area contributed by atoms with E-state index in [4.69, 9.17) is 0 Å². The molecule has 1 aliphatic carbocycles. The molecule has 0 heterocycles. The molecule has 0 spiro atoms. The Morgan fingerprint density at radius 3 is 2.35 bits per heavy atom. The van der Waals surface area contributed by atoms with Gasteiger partial charge in [0.05, 0.1) is 22.3 Å². The molecular formula is C16H19F3N2OS. The van der Waals surface area contributed by atoms with Gasteiger partial charge < -0.3 is 0 Å². The Hall–Kier alpha value is -1.39. The van der Waals surface area contributed by atoms with Gasteiger partial charge in [-0.15, -0.1) is 0 Å². The zero-order valence-corrected chi connectivity index (χ0v) is 13.6. The van der Waals surface area contributed by atoms with Crippen molar-refractivity contribution in [3.63, 3.8) is 0 Å². The van der Waals surface area contributed by atoms with Gasteiger partial charge in [-0.2, -0.15) is 18.4 Å². The molecule has 0 bridgehead atoms. The topological polar surface area (TPSA) is 52.9 Å². The number of benzene rings is 1. The molecule has 1 N–H and O–H groups in total. The fourth-order valence-electron chi connectivity index (χ4n) is 2.77. The van der Waals surface area contributed by atoms with Crippen LogP contribution in [0.4, 0.5) is 13.2 Å². The van der Waals surface area contributed by atoms with Gasteiger partial charge in [0, 0.05) is 6.54 Å². The molecule has 1 aromatic rings. The zero-order chi connectivity index (χ0) is 17.1. The lowest BCUT2D eigenvalue weighted by Crippen LogP contribution is -2.40. The number of hydrogen-bond donors (Lipinski definition) is 1. The second-order valence-electron chi connectivity index (χ2n) is 6.11. The first kappa shape index (κ1) is 18.0.